The third-order valence-electron chi connectivity index (χ3n) is 6.10. The summed E-state index contributed by atoms with van der Waals surface area (Å²) in [6.45, 7) is 6.08. The van der Waals surface area contributed by atoms with Crippen LogP contribution in [0.5, 0.6) is 0 Å². The Kier molecular flexibility index (Phi) is 5.11. The zero-order valence-electron chi connectivity index (χ0n) is 15.5. The number of fused-ring (bicyclic) bond motifs is 1. The van der Waals surface area contributed by atoms with E-state index in [9.17, 15) is 4.79 Å². The molecular weight excluding hydrogens is 326 g/mol. The molecule has 0 radical (unpaired) electrons. The van der Waals surface area contributed by atoms with Crippen molar-refractivity contribution in [3.63, 3.8) is 0 Å². The summed E-state index contributed by atoms with van der Waals surface area (Å²) in [5.74, 6) is 1.43. The maximum absolute atomic E-state index is 12.8. The van der Waals surface area contributed by atoms with Gasteiger partial charge in [-0.05, 0) is 75.2 Å². The molecule has 2 saturated heterocycles. The fraction of sp³-hybridized carbons (Fsp3) is 0.600. The molecule has 1 aromatic heterocycles. The Bertz CT molecular complexity index is 751. The number of urea groups is 1. The summed E-state index contributed by atoms with van der Waals surface area (Å²) in [7, 11) is 0. The van der Waals surface area contributed by atoms with E-state index in [1.54, 1.807) is 0 Å². The first-order valence-corrected chi connectivity index (χ1v) is 9.90. The van der Waals surface area contributed by atoms with Crippen molar-refractivity contribution in [3.8, 4) is 0 Å². The molecular formula is C20H29N5O. The summed E-state index contributed by atoms with van der Waals surface area (Å²) >= 11 is 0. The third kappa shape index (κ3) is 3.70. The zero-order valence-corrected chi connectivity index (χ0v) is 15.5. The zero-order chi connectivity index (χ0) is 17.9. The van der Waals surface area contributed by atoms with Crippen molar-refractivity contribution in [2.75, 3.05) is 26.2 Å². The topological polar surface area (TPSA) is 73.1 Å². The van der Waals surface area contributed by atoms with Gasteiger partial charge in [0.05, 0.1) is 17.8 Å². The molecule has 3 heterocycles. The standard InChI is InChI=1S/C20H29N5O/c1-14(16-4-5-19-18(11-16)12-22-24-19)23-20(26)25-10-2-3-17(13-25)15-6-8-21-9-7-15/h4-5,11-12,14-15,17,21H,2-3,6-10,13H2,1H3,(H,22,24)(H,23,26). The lowest BCUT2D eigenvalue weighted by Crippen LogP contribution is -2.48. The summed E-state index contributed by atoms with van der Waals surface area (Å²) in [5, 5.41) is 14.7. The monoisotopic (exact) mass is 355 g/mol. The van der Waals surface area contributed by atoms with Crippen LogP contribution in [0.15, 0.2) is 24.4 Å². The number of piperidine rings is 2. The molecule has 3 N–H and O–H groups in total. The molecule has 2 aliphatic rings. The van der Waals surface area contributed by atoms with E-state index in [0.717, 1.165) is 55.0 Å². The van der Waals surface area contributed by atoms with Crippen LogP contribution in [0.1, 0.15) is 44.2 Å². The molecule has 26 heavy (non-hydrogen) atoms. The van der Waals surface area contributed by atoms with Gasteiger partial charge in [-0.25, -0.2) is 4.79 Å². The van der Waals surface area contributed by atoms with Gasteiger partial charge < -0.3 is 15.5 Å². The molecule has 2 aromatic rings. The molecule has 1 aromatic carbocycles. The maximum Gasteiger partial charge on any atom is 0.317 e. The van der Waals surface area contributed by atoms with Crippen LogP contribution < -0.4 is 10.6 Å². The molecule has 4 rings (SSSR count). The van der Waals surface area contributed by atoms with Crippen LogP contribution in [0.2, 0.25) is 0 Å². The summed E-state index contributed by atoms with van der Waals surface area (Å²) in [6, 6.07) is 6.23. The molecule has 2 amide bonds. The predicted octanol–water partition coefficient (Wildman–Crippen LogP) is 3.05. The molecule has 2 fully saturated rings. The number of aromatic nitrogens is 2. The first-order chi connectivity index (χ1) is 12.7. The number of aromatic amines is 1. The van der Waals surface area contributed by atoms with Crippen LogP contribution in [0.4, 0.5) is 4.79 Å². The number of hydrogen-bond acceptors (Lipinski definition) is 3. The van der Waals surface area contributed by atoms with Gasteiger partial charge >= 0.3 is 6.03 Å². The predicted molar refractivity (Wildman–Crippen MR) is 103 cm³/mol. The van der Waals surface area contributed by atoms with Crippen LogP contribution in [-0.4, -0.2) is 47.3 Å². The van der Waals surface area contributed by atoms with E-state index in [2.05, 4.69) is 33.0 Å². The van der Waals surface area contributed by atoms with Crippen LogP contribution in [0.3, 0.4) is 0 Å². The minimum Gasteiger partial charge on any atom is -0.331 e. The van der Waals surface area contributed by atoms with Crippen molar-refractivity contribution in [2.24, 2.45) is 11.8 Å². The SMILES string of the molecule is CC(NC(=O)N1CCCC(C2CCNCC2)C1)c1ccc2[nH]ncc2c1. The average molecular weight is 355 g/mol. The van der Waals surface area contributed by atoms with E-state index in [-0.39, 0.29) is 12.1 Å². The third-order valence-corrected chi connectivity index (χ3v) is 6.10. The molecule has 2 atom stereocenters. The Morgan fingerprint density at radius 2 is 2.12 bits per heavy atom. The number of carbonyl (C=O) groups is 1. The van der Waals surface area contributed by atoms with Crippen molar-refractivity contribution in [1.29, 1.82) is 0 Å². The van der Waals surface area contributed by atoms with Crippen molar-refractivity contribution in [2.45, 2.75) is 38.6 Å². The normalized spacial score (nSPS) is 23.1. The maximum atomic E-state index is 12.8. The van der Waals surface area contributed by atoms with Gasteiger partial charge in [-0.2, -0.15) is 5.10 Å². The van der Waals surface area contributed by atoms with E-state index >= 15 is 0 Å². The molecule has 2 aliphatic heterocycles. The number of benzene rings is 1. The second-order valence-electron chi connectivity index (χ2n) is 7.82. The highest BCUT2D eigenvalue weighted by molar-refractivity contribution is 5.79. The van der Waals surface area contributed by atoms with E-state index in [0.29, 0.717) is 5.92 Å². The van der Waals surface area contributed by atoms with Gasteiger partial charge in [-0.1, -0.05) is 6.07 Å². The van der Waals surface area contributed by atoms with Gasteiger partial charge in [0, 0.05) is 18.5 Å². The largest absolute Gasteiger partial charge is 0.331 e. The summed E-state index contributed by atoms with van der Waals surface area (Å²) in [6.07, 6.45) is 6.71. The highest BCUT2D eigenvalue weighted by atomic mass is 16.2. The number of H-pyrrole nitrogens is 1. The van der Waals surface area contributed by atoms with Crippen LogP contribution >= 0.6 is 0 Å². The number of carbonyl (C=O) groups excluding carboxylic acids is 1. The van der Waals surface area contributed by atoms with Crippen LogP contribution in [-0.2, 0) is 0 Å². The summed E-state index contributed by atoms with van der Waals surface area (Å²) < 4.78 is 0. The van der Waals surface area contributed by atoms with E-state index in [1.165, 1.54) is 19.3 Å². The Hall–Kier alpha value is -2.08. The number of rotatable bonds is 3. The van der Waals surface area contributed by atoms with Gasteiger partial charge in [-0.15, -0.1) is 0 Å². The minimum atomic E-state index is -0.0129. The Morgan fingerprint density at radius 3 is 2.96 bits per heavy atom. The first kappa shape index (κ1) is 17.3. The molecule has 0 aliphatic carbocycles. The smallest absolute Gasteiger partial charge is 0.317 e. The second kappa shape index (κ2) is 7.66. The number of likely N-dealkylation sites (tertiary alicyclic amines) is 1. The highest BCUT2D eigenvalue weighted by Gasteiger charge is 2.30. The quantitative estimate of drug-likeness (QED) is 0.792. The lowest BCUT2D eigenvalue weighted by atomic mass is 9.80. The van der Waals surface area contributed by atoms with Gasteiger partial charge in [0.1, 0.15) is 0 Å². The number of amides is 2. The fourth-order valence-corrected chi connectivity index (χ4v) is 4.49. The van der Waals surface area contributed by atoms with Crippen molar-refractivity contribution >= 4 is 16.9 Å². The molecule has 0 saturated carbocycles. The van der Waals surface area contributed by atoms with Crippen LogP contribution in [0, 0.1) is 11.8 Å². The van der Waals surface area contributed by atoms with Crippen molar-refractivity contribution in [3.05, 3.63) is 30.0 Å². The average Bonchev–Trinajstić information content (AvgIpc) is 3.16. The Balaban J connectivity index is 1.37. The van der Waals surface area contributed by atoms with E-state index in [1.807, 2.05) is 24.1 Å². The minimum absolute atomic E-state index is 0.0129. The molecule has 140 valence electrons. The lowest BCUT2D eigenvalue weighted by Gasteiger charge is -2.39. The summed E-state index contributed by atoms with van der Waals surface area (Å²) in [4.78, 5) is 14.8. The molecule has 0 bridgehead atoms. The first-order valence-electron chi connectivity index (χ1n) is 9.90. The van der Waals surface area contributed by atoms with Crippen LogP contribution in [0.25, 0.3) is 10.9 Å². The number of hydrogen-bond donors (Lipinski definition) is 3. The molecule has 0 spiro atoms. The lowest BCUT2D eigenvalue weighted by molar-refractivity contribution is 0.127. The van der Waals surface area contributed by atoms with Gasteiger partial charge in [-0.3, -0.25) is 5.10 Å². The number of nitrogens with one attached hydrogen (secondary N) is 3. The molecule has 6 nitrogen and oxygen atoms in total. The van der Waals surface area contributed by atoms with Gasteiger partial charge in [0.15, 0.2) is 0 Å². The Morgan fingerprint density at radius 1 is 1.27 bits per heavy atom. The Labute approximate surface area is 154 Å². The van der Waals surface area contributed by atoms with Gasteiger partial charge in [0.2, 0.25) is 0 Å². The summed E-state index contributed by atoms with van der Waals surface area (Å²) in [5.41, 5.74) is 2.13. The highest BCUT2D eigenvalue weighted by Crippen LogP contribution is 2.30. The molecule has 6 heteroatoms. The fourth-order valence-electron chi connectivity index (χ4n) is 4.49. The van der Waals surface area contributed by atoms with E-state index in [4.69, 9.17) is 0 Å². The van der Waals surface area contributed by atoms with Crippen molar-refractivity contribution < 1.29 is 4.79 Å². The second-order valence-corrected chi connectivity index (χ2v) is 7.82. The van der Waals surface area contributed by atoms with Crippen molar-refractivity contribution in [1.82, 2.24) is 25.7 Å². The van der Waals surface area contributed by atoms with E-state index < -0.39 is 0 Å². The number of nitrogens with zero attached hydrogens (tertiary/aromatic N) is 2. The van der Waals surface area contributed by atoms with Gasteiger partial charge in [0.25, 0.3) is 0 Å². The molecule has 2 unspecified atom stereocenters.